The van der Waals surface area contributed by atoms with Crippen molar-refractivity contribution in [1.82, 2.24) is 15.5 Å². The predicted octanol–water partition coefficient (Wildman–Crippen LogP) is 3.53. The second-order valence-corrected chi connectivity index (χ2v) is 6.90. The predicted molar refractivity (Wildman–Crippen MR) is 94.2 cm³/mol. The minimum absolute atomic E-state index is 0.0305. The van der Waals surface area contributed by atoms with Crippen LogP contribution in [0.4, 0.5) is 9.93 Å². The van der Waals surface area contributed by atoms with Crippen LogP contribution in [0.1, 0.15) is 42.9 Å². The van der Waals surface area contributed by atoms with Gasteiger partial charge in [-0.1, -0.05) is 48.6 Å². The zero-order valence-electron chi connectivity index (χ0n) is 13.7. The number of urea groups is 1. The van der Waals surface area contributed by atoms with Gasteiger partial charge in [-0.05, 0) is 24.8 Å². The standard InChI is InChI=1S/C17H22N4O2S/c1-2-6-15-20-21-17(24-15)19-16(22)18-13-9-10-23-14(11-13)12-7-4-3-5-8-12/h3-5,7-8,13-14H,2,6,9-11H2,1H3,(H2,18,19,21,22)/t13-,14-/m1/s1. The number of aryl methyl sites for hydroxylation is 1. The van der Waals surface area contributed by atoms with Crippen molar-refractivity contribution in [2.45, 2.75) is 44.8 Å². The summed E-state index contributed by atoms with van der Waals surface area (Å²) >= 11 is 1.43. The van der Waals surface area contributed by atoms with Crippen LogP contribution in [0.2, 0.25) is 0 Å². The summed E-state index contributed by atoms with van der Waals surface area (Å²) in [6.07, 6.45) is 3.52. The van der Waals surface area contributed by atoms with Crippen LogP contribution in [-0.2, 0) is 11.2 Å². The first-order valence-electron chi connectivity index (χ1n) is 8.31. The van der Waals surface area contributed by atoms with E-state index in [1.165, 1.54) is 11.3 Å². The van der Waals surface area contributed by atoms with E-state index in [1.807, 2.05) is 18.2 Å². The van der Waals surface area contributed by atoms with Crippen LogP contribution in [-0.4, -0.2) is 28.9 Å². The van der Waals surface area contributed by atoms with Crippen molar-refractivity contribution in [2.24, 2.45) is 0 Å². The summed E-state index contributed by atoms with van der Waals surface area (Å²) in [5, 5.41) is 15.4. The van der Waals surface area contributed by atoms with Crippen LogP contribution in [0.15, 0.2) is 30.3 Å². The summed E-state index contributed by atoms with van der Waals surface area (Å²) in [7, 11) is 0. The van der Waals surface area contributed by atoms with Crippen LogP contribution in [0.25, 0.3) is 0 Å². The van der Waals surface area contributed by atoms with Gasteiger partial charge in [0.2, 0.25) is 5.13 Å². The third-order valence-corrected chi connectivity index (χ3v) is 4.84. The minimum Gasteiger partial charge on any atom is -0.373 e. The van der Waals surface area contributed by atoms with Gasteiger partial charge in [-0.3, -0.25) is 5.32 Å². The molecule has 24 heavy (non-hydrogen) atoms. The number of ether oxygens (including phenoxy) is 1. The van der Waals surface area contributed by atoms with E-state index in [2.05, 4.69) is 39.9 Å². The van der Waals surface area contributed by atoms with Crippen LogP contribution >= 0.6 is 11.3 Å². The SMILES string of the molecule is CCCc1nnc(NC(=O)N[C@@H]2CCO[C@@H](c3ccccc3)C2)s1. The molecule has 2 amide bonds. The number of anilines is 1. The van der Waals surface area contributed by atoms with E-state index in [1.54, 1.807) is 0 Å². The van der Waals surface area contributed by atoms with Crippen LogP contribution in [0.3, 0.4) is 0 Å². The highest BCUT2D eigenvalue weighted by Gasteiger charge is 2.25. The highest BCUT2D eigenvalue weighted by atomic mass is 32.1. The Hall–Kier alpha value is -1.99. The molecule has 0 unspecified atom stereocenters. The lowest BCUT2D eigenvalue weighted by Gasteiger charge is -2.30. The number of amides is 2. The van der Waals surface area contributed by atoms with Gasteiger partial charge in [-0.15, -0.1) is 10.2 Å². The van der Waals surface area contributed by atoms with Gasteiger partial charge in [0.05, 0.1) is 6.10 Å². The second kappa shape index (κ2) is 8.21. The van der Waals surface area contributed by atoms with Crippen molar-refractivity contribution in [1.29, 1.82) is 0 Å². The van der Waals surface area contributed by atoms with Crippen molar-refractivity contribution in [3.63, 3.8) is 0 Å². The molecule has 7 heteroatoms. The molecule has 128 valence electrons. The molecule has 1 aromatic heterocycles. The number of nitrogens with one attached hydrogen (secondary N) is 2. The van der Waals surface area contributed by atoms with Gasteiger partial charge in [0.25, 0.3) is 0 Å². The molecule has 1 aliphatic heterocycles. The summed E-state index contributed by atoms with van der Waals surface area (Å²) in [4.78, 5) is 12.2. The van der Waals surface area contributed by atoms with Gasteiger partial charge in [-0.25, -0.2) is 4.79 Å². The topological polar surface area (TPSA) is 76.1 Å². The second-order valence-electron chi connectivity index (χ2n) is 5.84. The van der Waals surface area contributed by atoms with Gasteiger partial charge in [-0.2, -0.15) is 0 Å². The summed E-state index contributed by atoms with van der Waals surface area (Å²) in [5.74, 6) is 0. The molecule has 6 nitrogen and oxygen atoms in total. The zero-order valence-corrected chi connectivity index (χ0v) is 14.5. The Balaban J connectivity index is 1.52. The van der Waals surface area contributed by atoms with Crippen molar-refractivity contribution in [3.8, 4) is 0 Å². The Morgan fingerprint density at radius 1 is 1.33 bits per heavy atom. The lowest BCUT2D eigenvalue weighted by Crippen LogP contribution is -2.42. The van der Waals surface area contributed by atoms with Crippen molar-refractivity contribution in [2.75, 3.05) is 11.9 Å². The summed E-state index contributed by atoms with van der Waals surface area (Å²) in [6.45, 7) is 2.74. The Kier molecular flexibility index (Phi) is 5.77. The van der Waals surface area contributed by atoms with Crippen LogP contribution < -0.4 is 10.6 Å². The third kappa shape index (κ3) is 4.52. The average Bonchev–Trinajstić information content (AvgIpc) is 3.03. The van der Waals surface area contributed by atoms with E-state index in [-0.39, 0.29) is 18.2 Å². The van der Waals surface area contributed by atoms with Crippen molar-refractivity contribution < 1.29 is 9.53 Å². The summed E-state index contributed by atoms with van der Waals surface area (Å²) < 4.78 is 5.83. The fourth-order valence-corrected chi connectivity index (χ4v) is 3.60. The molecule has 1 fully saturated rings. The summed E-state index contributed by atoms with van der Waals surface area (Å²) in [5.41, 5.74) is 1.15. The molecule has 0 saturated carbocycles. The maximum absolute atomic E-state index is 12.2. The van der Waals surface area contributed by atoms with Crippen molar-refractivity contribution in [3.05, 3.63) is 40.9 Å². The highest BCUT2D eigenvalue weighted by Crippen LogP contribution is 2.28. The highest BCUT2D eigenvalue weighted by molar-refractivity contribution is 7.15. The normalized spacial score (nSPS) is 20.5. The molecule has 0 aliphatic carbocycles. The summed E-state index contributed by atoms with van der Waals surface area (Å²) in [6, 6.07) is 9.98. The molecule has 1 saturated heterocycles. The first kappa shape index (κ1) is 16.9. The Morgan fingerprint density at radius 3 is 2.96 bits per heavy atom. The third-order valence-electron chi connectivity index (χ3n) is 3.94. The lowest BCUT2D eigenvalue weighted by molar-refractivity contribution is 0.00254. The maximum atomic E-state index is 12.2. The lowest BCUT2D eigenvalue weighted by atomic mass is 9.97. The van der Waals surface area contributed by atoms with Crippen LogP contribution in [0.5, 0.6) is 0 Å². The number of nitrogens with zero attached hydrogens (tertiary/aromatic N) is 2. The van der Waals surface area contributed by atoms with E-state index >= 15 is 0 Å². The van der Waals surface area contributed by atoms with Gasteiger partial charge in [0, 0.05) is 19.1 Å². The van der Waals surface area contributed by atoms with E-state index in [0.29, 0.717) is 11.7 Å². The van der Waals surface area contributed by atoms with Crippen molar-refractivity contribution >= 4 is 22.5 Å². The first-order chi connectivity index (χ1) is 11.7. The number of hydrogen-bond donors (Lipinski definition) is 2. The fraction of sp³-hybridized carbons (Fsp3) is 0.471. The molecule has 3 rings (SSSR count). The molecule has 0 radical (unpaired) electrons. The monoisotopic (exact) mass is 346 g/mol. The number of hydrogen-bond acceptors (Lipinski definition) is 5. The van der Waals surface area contributed by atoms with Gasteiger partial charge in [0.1, 0.15) is 5.01 Å². The van der Waals surface area contributed by atoms with Crippen LogP contribution in [0, 0.1) is 0 Å². The molecular weight excluding hydrogens is 324 g/mol. The Morgan fingerprint density at radius 2 is 2.17 bits per heavy atom. The molecule has 0 bridgehead atoms. The molecule has 2 aromatic rings. The minimum atomic E-state index is -0.229. The van der Waals surface area contributed by atoms with Gasteiger partial charge < -0.3 is 10.1 Å². The number of carbonyl (C=O) groups excluding carboxylic acids is 1. The molecular formula is C17H22N4O2S. The van der Waals surface area contributed by atoms with E-state index < -0.39 is 0 Å². The average molecular weight is 346 g/mol. The molecule has 2 atom stereocenters. The first-order valence-corrected chi connectivity index (χ1v) is 9.12. The van der Waals surface area contributed by atoms with E-state index in [0.717, 1.165) is 36.3 Å². The number of aromatic nitrogens is 2. The smallest absolute Gasteiger partial charge is 0.321 e. The van der Waals surface area contributed by atoms with Gasteiger partial charge >= 0.3 is 6.03 Å². The molecule has 1 aliphatic rings. The quantitative estimate of drug-likeness (QED) is 0.868. The molecule has 1 aromatic carbocycles. The Labute approximate surface area is 145 Å². The Bertz CT molecular complexity index is 662. The maximum Gasteiger partial charge on any atom is 0.321 e. The van der Waals surface area contributed by atoms with E-state index in [9.17, 15) is 4.79 Å². The zero-order chi connectivity index (χ0) is 16.8. The molecule has 2 N–H and O–H groups in total. The largest absolute Gasteiger partial charge is 0.373 e. The number of rotatable bonds is 5. The fourth-order valence-electron chi connectivity index (χ4n) is 2.77. The van der Waals surface area contributed by atoms with Gasteiger partial charge in [0.15, 0.2) is 0 Å². The molecule has 2 heterocycles. The van der Waals surface area contributed by atoms with E-state index in [4.69, 9.17) is 4.74 Å². The number of carbonyl (C=O) groups is 1. The number of benzene rings is 1. The molecule has 0 spiro atoms.